The van der Waals surface area contributed by atoms with Gasteiger partial charge in [0, 0.05) is 17.8 Å². The van der Waals surface area contributed by atoms with Gasteiger partial charge < -0.3 is 10.2 Å². The first-order valence-electron chi connectivity index (χ1n) is 8.59. The summed E-state index contributed by atoms with van der Waals surface area (Å²) in [6, 6.07) is 15.4. The van der Waals surface area contributed by atoms with E-state index in [1.807, 2.05) is 23.1 Å². The number of halogens is 3. The normalized spacial score (nSPS) is 13.3. The van der Waals surface area contributed by atoms with E-state index in [4.69, 9.17) is 0 Å². The average Bonchev–Trinajstić information content (AvgIpc) is 3.12. The third-order valence-electron chi connectivity index (χ3n) is 4.53. The lowest BCUT2D eigenvalue weighted by atomic mass is 10.1. The van der Waals surface area contributed by atoms with Crippen molar-refractivity contribution in [3.05, 3.63) is 77.4 Å². The zero-order chi connectivity index (χ0) is 19.7. The van der Waals surface area contributed by atoms with Crippen LogP contribution >= 0.6 is 0 Å². The fourth-order valence-corrected chi connectivity index (χ4v) is 3.11. The lowest BCUT2D eigenvalue weighted by Crippen LogP contribution is -2.17. The van der Waals surface area contributed by atoms with Gasteiger partial charge in [0.15, 0.2) is 11.6 Å². The Morgan fingerprint density at radius 1 is 0.964 bits per heavy atom. The van der Waals surface area contributed by atoms with Crippen LogP contribution in [0.2, 0.25) is 0 Å². The molecule has 2 aromatic carbocycles. The monoisotopic (exact) mass is 384 g/mol. The van der Waals surface area contributed by atoms with E-state index in [1.54, 1.807) is 12.1 Å². The molecule has 0 bridgehead atoms. The lowest BCUT2D eigenvalue weighted by Gasteiger charge is -2.17. The van der Waals surface area contributed by atoms with E-state index in [1.165, 1.54) is 5.56 Å². The molecular weight excluding hydrogens is 369 g/mol. The van der Waals surface area contributed by atoms with Gasteiger partial charge in [0.1, 0.15) is 0 Å². The van der Waals surface area contributed by atoms with Gasteiger partial charge in [-0.3, -0.25) is 4.79 Å². The van der Waals surface area contributed by atoms with Crippen LogP contribution in [-0.4, -0.2) is 22.6 Å². The van der Waals surface area contributed by atoms with Crippen LogP contribution < -0.4 is 10.2 Å². The highest BCUT2D eigenvalue weighted by atomic mass is 19.4. The van der Waals surface area contributed by atoms with E-state index in [0.717, 1.165) is 42.9 Å². The largest absolute Gasteiger partial charge is 0.416 e. The second-order valence-corrected chi connectivity index (χ2v) is 6.34. The van der Waals surface area contributed by atoms with E-state index in [0.29, 0.717) is 5.82 Å². The van der Waals surface area contributed by atoms with E-state index >= 15 is 0 Å². The summed E-state index contributed by atoms with van der Waals surface area (Å²) >= 11 is 0. The van der Waals surface area contributed by atoms with Crippen molar-refractivity contribution in [2.75, 3.05) is 16.8 Å². The zero-order valence-electron chi connectivity index (χ0n) is 14.6. The van der Waals surface area contributed by atoms with Gasteiger partial charge in [0.25, 0.3) is 5.91 Å². The molecule has 0 saturated carbocycles. The van der Waals surface area contributed by atoms with Crippen LogP contribution in [0.15, 0.2) is 60.7 Å². The topological polar surface area (TPSA) is 58.1 Å². The average molecular weight is 384 g/mol. The third-order valence-corrected chi connectivity index (χ3v) is 4.53. The molecule has 1 aliphatic heterocycles. The molecule has 0 spiro atoms. The molecule has 8 heteroatoms. The Bertz CT molecular complexity index is 1000. The van der Waals surface area contributed by atoms with Gasteiger partial charge in [0.05, 0.1) is 5.56 Å². The highest BCUT2D eigenvalue weighted by molar-refractivity contribution is 6.03. The maximum Gasteiger partial charge on any atom is 0.416 e. The maximum absolute atomic E-state index is 12.6. The SMILES string of the molecule is O=C(Nc1ccc(N2CCc3ccccc32)nn1)c1ccc(C(F)(F)F)cc1. The van der Waals surface area contributed by atoms with Crippen molar-refractivity contribution >= 4 is 23.2 Å². The predicted molar refractivity (Wildman–Crippen MR) is 98.6 cm³/mol. The summed E-state index contributed by atoms with van der Waals surface area (Å²) in [7, 11) is 0. The van der Waals surface area contributed by atoms with Gasteiger partial charge in [-0.1, -0.05) is 18.2 Å². The summed E-state index contributed by atoms with van der Waals surface area (Å²) in [5.74, 6) is 0.334. The first-order valence-corrected chi connectivity index (χ1v) is 8.59. The van der Waals surface area contributed by atoms with Gasteiger partial charge in [0.2, 0.25) is 0 Å². The molecule has 3 aromatic rings. The van der Waals surface area contributed by atoms with E-state index < -0.39 is 17.6 Å². The number of rotatable bonds is 3. The van der Waals surface area contributed by atoms with Crippen molar-refractivity contribution in [1.82, 2.24) is 10.2 Å². The van der Waals surface area contributed by atoms with Gasteiger partial charge in [-0.15, -0.1) is 10.2 Å². The van der Waals surface area contributed by atoms with Gasteiger partial charge >= 0.3 is 6.18 Å². The number of nitrogens with one attached hydrogen (secondary N) is 1. The Morgan fingerprint density at radius 2 is 1.71 bits per heavy atom. The molecule has 0 fully saturated rings. The van der Waals surface area contributed by atoms with Gasteiger partial charge in [-0.05, 0) is 54.4 Å². The van der Waals surface area contributed by atoms with Crippen LogP contribution in [0.3, 0.4) is 0 Å². The number of aromatic nitrogens is 2. The number of nitrogens with zero attached hydrogens (tertiary/aromatic N) is 3. The van der Waals surface area contributed by atoms with Crippen LogP contribution in [0.4, 0.5) is 30.5 Å². The van der Waals surface area contributed by atoms with Crippen LogP contribution in [0.5, 0.6) is 0 Å². The Hall–Kier alpha value is -3.42. The Morgan fingerprint density at radius 3 is 2.39 bits per heavy atom. The summed E-state index contributed by atoms with van der Waals surface area (Å²) in [6.07, 6.45) is -3.52. The number of amides is 1. The highest BCUT2D eigenvalue weighted by Gasteiger charge is 2.30. The number of hydrogen-bond acceptors (Lipinski definition) is 4. The molecule has 0 saturated heterocycles. The fraction of sp³-hybridized carbons (Fsp3) is 0.150. The van der Waals surface area contributed by atoms with Crippen LogP contribution in [-0.2, 0) is 12.6 Å². The molecule has 28 heavy (non-hydrogen) atoms. The summed E-state index contributed by atoms with van der Waals surface area (Å²) < 4.78 is 37.8. The van der Waals surface area contributed by atoms with E-state index in [9.17, 15) is 18.0 Å². The second-order valence-electron chi connectivity index (χ2n) is 6.34. The van der Waals surface area contributed by atoms with Crippen LogP contribution in [0.25, 0.3) is 0 Å². The molecule has 0 unspecified atom stereocenters. The smallest absolute Gasteiger partial charge is 0.324 e. The maximum atomic E-state index is 12.6. The summed E-state index contributed by atoms with van der Waals surface area (Å²) in [4.78, 5) is 14.3. The van der Waals surface area contributed by atoms with E-state index in [-0.39, 0.29) is 11.4 Å². The minimum Gasteiger partial charge on any atom is -0.324 e. The third kappa shape index (κ3) is 3.53. The molecule has 1 N–H and O–H groups in total. The first kappa shape index (κ1) is 18.0. The number of fused-ring (bicyclic) bond motifs is 1. The lowest BCUT2D eigenvalue weighted by molar-refractivity contribution is -0.137. The summed E-state index contributed by atoms with van der Waals surface area (Å²) in [6.45, 7) is 0.797. The quantitative estimate of drug-likeness (QED) is 0.725. The molecule has 1 aliphatic rings. The molecule has 1 amide bonds. The number of carbonyl (C=O) groups is 1. The molecule has 5 nitrogen and oxygen atoms in total. The number of benzene rings is 2. The molecule has 0 atom stereocenters. The minimum absolute atomic E-state index is 0.104. The number of para-hydroxylation sites is 1. The molecule has 2 heterocycles. The van der Waals surface area contributed by atoms with Crippen molar-refractivity contribution in [3.8, 4) is 0 Å². The zero-order valence-corrected chi connectivity index (χ0v) is 14.6. The number of alkyl halides is 3. The highest BCUT2D eigenvalue weighted by Crippen LogP contribution is 2.33. The minimum atomic E-state index is -4.44. The van der Waals surface area contributed by atoms with Crippen molar-refractivity contribution in [2.24, 2.45) is 0 Å². The molecular formula is C20H15F3N4O. The van der Waals surface area contributed by atoms with Crippen molar-refractivity contribution in [2.45, 2.75) is 12.6 Å². The van der Waals surface area contributed by atoms with Crippen molar-refractivity contribution in [1.29, 1.82) is 0 Å². The number of hydrogen-bond donors (Lipinski definition) is 1. The number of anilines is 3. The fourth-order valence-electron chi connectivity index (χ4n) is 3.11. The Balaban J connectivity index is 1.46. The second kappa shape index (κ2) is 6.95. The summed E-state index contributed by atoms with van der Waals surface area (Å²) in [5, 5.41) is 10.7. The summed E-state index contributed by atoms with van der Waals surface area (Å²) in [5.41, 5.74) is 1.62. The predicted octanol–water partition coefficient (Wildman–Crippen LogP) is 4.44. The standard InChI is InChI=1S/C20H15F3N4O/c21-20(22,23)15-7-5-14(6-8-15)19(28)24-17-9-10-18(26-25-17)27-12-11-13-3-1-2-4-16(13)27/h1-10H,11-12H2,(H,24,25,28). The molecule has 4 rings (SSSR count). The van der Waals surface area contributed by atoms with Gasteiger partial charge in [-0.25, -0.2) is 0 Å². The molecule has 142 valence electrons. The molecule has 1 aromatic heterocycles. The Labute approximate surface area is 158 Å². The van der Waals surface area contributed by atoms with Crippen molar-refractivity contribution in [3.63, 3.8) is 0 Å². The van der Waals surface area contributed by atoms with Crippen LogP contribution in [0, 0.1) is 0 Å². The molecule has 0 aliphatic carbocycles. The number of carbonyl (C=O) groups excluding carboxylic acids is 1. The first-order chi connectivity index (χ1) is 13.4. The molecule has 0 radical (unpaired) electrons. The Kier molecular flexibility index (Phi) is 4.46. The van der Waals surface area contributed by atoms with Crippen LogP contribution in [0.1, 0.15) is 21.5 Å². The van der Waals surface area contributed by atoms with Crippen molar-refractivity contribution < 1.29 is 18.0 Å². The van der Waals surface area contributed by atoms with Gasteiger partial charge in [-0.2, -0.15) is 13.2 Å². The van der Waals surface area contributed by atoms with E-state index in [2.05, 4.69) is 21.6 Å².